The molecule has 47 heavy (non-hydrogen) atoms. The first kappa shape index (κ1) is 32.9. The summed E-state index contributed by atoms with van der Waals surface area (Å²) < 4.78 is 43.4. The molecule has 0 unspecified atom stereocenters. The molecule has 0 fully saturated rings. The fraction of sp³-hybridized carbons (Fsp3) is 0.400. The van der Waals surface area contributed by atoms with E-state index in [1.165, 1.54) is 0 Å². The molecule has 0 atom stereocenters. The zero-order valence-electron chi connectivity index (χ0n) is 27.7. The van der Waals surface area contributed by atoms with Crippen LogP contribution in [0.4, 0.5) is 0 Å². The molecular formula is C40H46O7. The first-order valence-electron chi connectivity index (χ1n) is 16.9. The van der Waals surface area contributed by atoms with E-state index in [2.05, 4.69) is 72.8 Å². The lowest BCUT2D eigenvalue weighted by Crippen LogP contribution is -2.16. The van der Waals surface area contributed by atoms with Crippen LogP contribution in [0.5, 0.6) is 23.0 Å². The molecule has 0 aromatic heterocycles. The van der Waals surface area contributed by atoms with Gasteiger partial charge in [-0.2, -0.15) is 0 Å². The van der Waals surface area contributed by atoms with Crippen molar-refractivity contribution in [3.05, 3.63) is 117 Å². The van der Waals surface area contributed by atoms with Gasteiger partial charge in [-0.1, -0.05) is 72.8 Å². The molecule has 6 rings (SSSR count). The van der Waals surface area contributed by atoms with Gasteiger partial charge in [-0.05, 0) is 58.4 Å². The fourth-order valence-corrected chi connectivity index (χ4v) is 6.46. The van der Waals surface area contributed by atoms with Crippen molar-refractivity contribution in [1.82, 2.24) is 0 Å². The van der Waals surface area contributed by atoms with Gasteiger partial charge in [0.15, 0.2) is 0 Å². The summed E-state index contributed by atoms with van der Waals surface area (Å²) in [5.41, 5.74) is 8.93. The predicted molar refractivity (Wildman–Crippen MR) is 183 cm³/mol. The Morgan fingerprint density at radius 1 is 0.404 bits per heavy atom. The van der Waals surface area contributed by atoms with Gasteiger partial charge in [0.1, 0.15) is 36.2 Å². The SMILES string of the molecule is CCOc1c2cccc1Cc1cccc3c1OCCOCCOCCOCCOc1c(cccc1Cc1cccc(c1OCC)C3)C2. The zero-order valence-corrected chi connectivity index (χ0v) is 27.7. The van der Waals surface area contributed by atoms with Gasteiger partial charge in [0.25, 0.3) is 0 Å². The zero-order chi connectivity index (χ0) is 32.3. The second-order valence-corrected chi connectivity index (χ2v) is 11.7. The summed E-state index contributed by atoms with van der Waals surface area (Å²) in [5.74, 6) is 3.63. The Morgan fingerprint density at radius 3 is 0.979 bits per heavy atom. The van der Waals surface area contributed by atoms with E-state index in [1.54, 1.807) is 0 Å². The van der Waals surface area contributed by atoms with Gasteiger partial charge in [0.2, 0.25) is 0 Å². The Labute approximate surface area is 278 Å². The number of hydrogen-bond donors (Lipinski definition) is 0. The maximum atomic E-state index is 6.59. The van der Waals surface area contributed by atoms with Crippen molar-refractivity contribution < 1.29 is 33.2 Å². The topological polar surface area (TPSA) is 64.6 Å². The van der Waals surface area contributed by atoms with Crippen LogP contribution in [0.25, 0.3) is 0 Å². The molecular weight excluding hydrogens is 592 g/mol. The second kappa shape index (κ2) is 16.7. The summed E-state index contributed by atoms with van der Waals surface area (Å²) in [6.07, 6.45) is 2.67. The molecule has 0 saturated heterocycles. The van der Waals surface area contributed by atoms with Crippen LogP contribution in [0, 0.1) is 0 Å². The van der Waals surface area contributed by atoms with Gasteiger partial charge < -0.3 is 33.2 Å². The standard InChI is InChI=1S/C40H46O7/c1-3-44-37-29-9-5-10-30(37)26-34-14-8-16-36-28-32-12-6-11-31(38(32)45-4-2)27-35-15-7-13-33(25-29)39(35)46-23-21-42-19-17-41-18-20-43-22-24-47-40(34)36/h5-16H,3-4,17-28H2,1-2H3. The Balaban J connectivity index is 1.53. The van der Waals surface area contributed by atoms with E-state index in [9.17, 15) is 0 Å². The number of benzene rings is 4. The van der Waals surface area contributed by atoms with Crippen LogP contribution in [0.1, 0.15) is 58.4 Å². The number of hydrogen-bond acceptors (Lipinski definition) is 7. The summed E-state index contributed by atoms with van der Waals surface area (Å²) in [7, 11) is 0. The molecule has 248 valence electrons. The lowest BCUT2D eigenvalue weighted by atomic mass is 9.91. The molecule has 7 heteroatoms. The first-order valence-corrected chi connectivity index (χ1v) is 16.9. The minimum absolute atomic E-state index is 0.432. The molecule has 0 N–H and O–H groups in total. The van der Waals surface area contributed by atoms with Crippen molar-refractivity contribution in [2.45, 2.75) is 39.5 Å². The molecule has 0 amide bonds. The third-order valence-corrected chi connectivity index (χ3v) is 8.51. The Bertz CT molecular complexity index is 1410. The van der Waals surface area contributed by atoms with Crippen LogP contribution in [0.15, 0.2) is 72.8 Å². The van der Waals surface area contributed by atoms with Crippen molar-refractivity contribution in [3.8, 4) is 23.0 Å². The number of rotatable bonds is 4. The largest absolute Gasteiger partial charge is 0.493 e. The third-order valence-electron chi connectivity index (χ3n) is 8.51. The second-order valence-electron chi connectivity index (χ2n) is 11.7. The highest BCUT2D eigenvalue weighted by molar-refractivity contribution is 5.56. The maximum absolute atomic E-state index is 6.59. The normalized spacial score (nSPS) is 16.0. The van der Waals surface area contributed by atoms with Crippen molar-refractivity contribution in [2.75, 3.05) is 66.1 Å². The molecule has 4 aromatic rings. The molecule has 1 heterocycles. The molecule has 0 radical (unpaired) electrons. The van der Waals surface area contributed by atoms with E-state index in [0.717, 1.165) is 67.5 Å². The lowest BCUT2D eigenvalue weighted by Gasteiger charge is -2.22. The highest BCUT2D eigenvalue weighted by Gasteiger charge is 2.21. The minimum Gasteiger partial charge on any atom is -0.493 e. The van der Waals surface area contributed by atoms with Gasteiger partial charge in [0.05, 0.1) is 52.9 Å². The molecule has 1 aliphatic carbocycles. The third kappa shape index (κ3) is 8.28. The van der Waals surface area contributed by atoms with Gasteiger partial charge in [-0.15, -0.1) is 0 Å². The molecule has 10 bridgehead atoms. The van der Waals surface area contributed by atoms with Crippen molar-refractivity contribution in [2.24, 2.45) is 0 Å². The van der Waals surface area contributed by atoms with E-state index in [1.807, 2.05) is 13.8 Å². The van der Waals surface area contributed by atoms with E-state index in [0.29, 0.717) is 91.8 Å². The minimum atomic E-state index is 0.432. The van der Waals surface area contributed by atoms with E-state index < -0.39 is 0 Å². The van der Waals surface area contributed by atoms with Crippen LogP contribution in [0.2, 0.25) is 0 Å². The Hall–Kier alpha value is -4.04. The summed E-state index contributed by atoms with van der Waals surface area (Å²) in [6, 6.07) is 25.8. The number of ether oxygens (including phenoxy) is 7. The monoisotopic (exact) mass is 638 g/mol. The van der Waals surface area contributed by atoms with Crippen LogP contribution in [-0.2, 0) is 39.9 Å². The number of para-hydroxylation sites is 4. The summed E-state index contributed by atoms with van der Waals surface area (Å²) >= 11 is 0. The molecule has 7 nitrogen and oxygen atoms in total. The average Bonchev–Trinajstić information content (AvgIpc) is 3.07. The highest BCUT2D eigenvalue weighted by Crippen LogP contribution is 2.38. The van der Waals surface area contributed by atoms with Crippen molar-refractivity contribution >= 4 is 0 Å². The Morgan fingerprint density at radius 2 is 0.681 bits per heavy atom. The fourth-order valence-electron chi connectivity index (χ4n) is 6.46. The quantitative estimate of drug-likeness (QED) is 0.211. The van der Waals surface area contributed by atoms with Gasteiger partial charge in [-0.25, -0.2) is 0 Å². The van der Waals surface area contributed by atoms with Crippen LogP contribution >= 0.6 is 0 Å². The highest BCUT2D eigenvalue weighted by atomic mass is 16.6. The van der Waals surface area contributed by atoms with Crippen LogP contribution in [-0.4, -0.2) is 66.1 Å². The summed E-state index contributed by atoms with van der Waals surface area (Å²) in [4.78, 5) is 0. The summed E-state index contributed by atoms with van der Waals surface area (Å²) in [5, 5.41) is 0. The van der Waals surface area contributed by atoms with Gasteiger partial charge in [0, 0.05) is 25.7 Å². The summed E-state index contributed by atoms with van der Waals surface area (Å²) in [6.45, 7) is 9.02. The maximum Gasteiger partial charge on any atom is 0.126 e. The molecule has 0 saturated carbocycles. The lowest BCUT2D eigenvalue weighted by molar-refractivity contribution is 0.00484. The van der Waals surface area contributed by atoms with Crippen molar-refractivity contribution in [3.63, 3.8) is 0 Å². The van der Waals surface area contributed by atoms with E-state index in [-0.39, 0.29) is 0 Å². The van der Waals surface area contributed by atoms with Crippen LogP contribution in [0.3, 0.4) is 0 Å². The number of fused-ring (bicyclic) bond motifs is 2. The Kier molecular flexibility index (Phi) is 11.7. The molecule has 0 spiro atoms. The van der Waals surface area contributed by atoms with E-state index >= 15 is 0 Å². The smallest absolute Gasteiger partial charge is 0.126 e. The first-order chi connectivity index (χ1) is 23.2. The van der Waals surface area contributed by atoms with E-state index in [4.69, 9.17) is 33.2 Å². The van der Waals surface area contributed by atoms with Gasteiger partial charge >= 0.3 is 0 Å². The molecule has 2 aliphatic rings. The van der Waals surface area contributed by atoms with Crippen molar-refractivity contribution in [1.29, 1.82) is 0 Å². The predicted octanol–water partition coefficient (Wildman–Crippen LogP) is 6.98. The van der Waals surface area contributed by atoms with Gasteiger partial charge in [-0.3, -0.25) is 0 Å². The average molecular weight is 639 g/mol. The molecule has 1 aliphatic heterocycles. The molecule has 4 aromatic carbocycles. The van der Waals surface area contributed by atoms with Crippen LogP contribution < -0.4 is 18.9 Å².